The van der Waals surface area contributed by atoms with E-state index in [-0.39, 0.29) is 6.04 Å². The highest BCUT2D eigenvalue weighted by Crippen LogP contribution is 2.34. The standard InChI is InChI=1S/C24H29N5O2.3C2HF3O2/c1-26-11-12-27(14-18-7-8-21-22(13-18)31-17-30-21)16-20(26)19-15-29-23(25-19)5-4-6-24(29)28-9-2-3-10-28;3*3-2(4,5)1(6)7/h4-8,13,15,20H,2-3,9-12,14,16-17H2,1H3;3*(H,6,7). The van der Waals surface area contributed by atoms with Gasteiger partial charge in [-0.1, -0.05) is 12.1 Å². The molecule has 3 aliphatic heterocycles. The third kappa shape index (κ3) is 11.8. The van der Waals surface area contributed by atoms with Crippen LogP contribution >= 0.6 is 0 Å². The zero-order chi connectivity index (χ0) is 39.0. The zero-order valence-electron chi connectivity index (χ0n) is 27.0. The van der Waals surface area contributed by atoms with Crippen LogP contribution in [-0.4, -0.2) is 118 Å². The number of alkyl halides is 9. The van der Waals surface area contributed by atoms with E-state index < -0.39 is 36.4 Å². The average molecular weight is 762 g/mol. The number of halogens is 9. The van der Waals surface area contributed by atoms with Crippen LogP contribution in [0, 0.1) is 0 Å². The lowest BCUT2D eigenvalue weighted by molar-refractivity contribution is -0.193. The van der Waals surface area contributed by atoms with Gasteiger partial charge in [-0.3, -0.25) is 14.2 Å². The van der Waals surface area contributed by atoms with Crippen LogP contribution < -0.4 is 14.4 Å². The third-order valence-corrected chi connectivity index (χ3v) is 7.56. The number of likely N-dealkylation sites (N-methyl/N-ethyl adjacent to an activating group) is 1. The molecule has 288 valence electrons. The molecular formula is C30H32F9N5O8. The summed E-state index contributed by atoms with van der Waals surface area (Å²) in [7, 11) is 2.22. The summed E-state index contributed by atoms with van der Waals surface area (Å²) in [6, 6.07) is 13.0. The summed E-state index contributed by atoms with van der Waals surface area (Å²) < 4.78 is 108. The van der Waals surface area contributed by atoms with Crippen molar-refractivity contribution in [2.24, 2.45) is 0 Å². The van der Waals surface area contributed by atoms with Crippen LogP contribution in [0.3, 0.4) is 0 Å². The van der Waals surface area contributed by atoms with Crippen LogP contribution in [0.4, 0.5) is 45.3 Å². The number of aromatic nitrogens is 2. The molecular weight excluding hydrogens is 729 g/mol. The number of imidazole rings is 1. The molecule has 0 aliphatic carbocycles. The molecule has 6 rings (SSSR count). The summed E-state index contributed by atoms with van der Waals surface area (Å²) in [6.45, 7) is 6.55. The van der Waals surface area contributed by atoms with Crippen LogP contribution in [0.2, 0.25) is 0 Å². The summed E-state index contributed by atoms with van der Waals surface area (Å²) in [5, 5.41) is 21.4. The minimum Gasteiger partial charge on any atom is -0.475 e. The lowest BCUT2D eigenvalue weighted by Gasteiger charge is -2.38. The molecule has 0 amide bonds. The van der Waals surface area contributed by atoms with Gasteiger partial charge in [-0.25, -0.2) is 19.4 Å². The number of rotatable bonds is 4. The number of carboxylic acids is 3. The number of benzene rings is 1. The van der Waals surface area contributed by atoms with Gasteiger partial charge in [0.25, 0.3) is 0 Å². The largest absolute Gasteiger partial charge is 0.490 e. The highest BCUT2D eigenvalue weighted by molar-refractivity contribution is 5.73. The predicted molar refractivity (Wildman–Crippen MR) is 161 cm³/mol. The van der Waals surface area contributed by atoms with Crippen LogP contribution in [0.5, 0.6) is 11.5 Å². The lowest BCUT2D eigenvalue weighted by atomic mass is 10.1. The van der Waals surface area contributed by atoms with Crippen molar-refractivity contribution in [3.05, 3.63) is 53.9 Å². The molecule has 2 saturated heterocycles. The van der Waals surface area contributed by atoms with E-state index >= 15 is 0 Å². The topological polar surface area (TPSA) is 157 Å². The number of aliphatic carboxylic acids is 3. The summed E-state index contributed by atoms with van der Waals surface area (Å²) in [4.78, 5) is 39.2. The fourth-order valence-corrected chi connectivity index (χ4v) is 5.07. The number of piperazine rings is 1. The van der Waals surface area contributed by atoms with Crippen molar-refractivity contribution >= 4 is 29.4 Å². The Morgan fingerprint density at radius 2 is 1.33 bits per heavy atom. The molecule has 0 spiro atoms. The molecule has 52 heavy (non-hydrogen) atoms. The molecule has 5 heterocycles. The van der Waals surface area contributed by atoms with Crippen molar-refractivity contribution < 1.29 is 78.7 Å². The maximum absolute atomic E-state index is 10.6. The van der Waals surface area contributed by atoms with Gasteiger partial charge >= 0.3 is 36.4 Å². The predicted octanol–water partition coefficient (Wildman–Crippen LogP) is 5.05. The fourth-order valence-electron chi connectivity index (χ4n) is 5.07. The van der Waals surface area contributed by atoms with Gasteiger partial charge in [0.15, 0.2) is 11.5 Å². The van der Waals surface area contributed by atoms with Crippen molar-refractivity contribution in [2.75, 3.05) is 51.5 Å². The number of ether oxygens (including phenoxy) is 2. The number of nitrogens with zero attached hydrogens (tertiary/aromatic N) is 5. The first kappa shape index (κ1) is 41.4. The number of anilines is 1. The molecule has 22 heteroatoms. The molecule has 1 aromatic carbocycles. The van der Waals surface area contributed by atoms with Crippen molar-refractivity contribution in [1.82, 2.24) is 19.2 Å². The highest BCUT2D eigenvalue weighted by atomic mass is 19.4. The van der Waals surface area contributed by atoms with Gasteiger partial charge in [0.2, 0.25) is 6.79 Å². The van der Waals surface area contributed by atoms with Gasteiger partial charge in [-0.2, -0.15) is 39.5 Å². The van der Waals surface area contributed by atoms with E-state index in [2.05, 4.69) is 62.7 Å². The van der Waals surface area contributed by atoms with E-state index in [1.807, 2.05) is 6.07 Å². The molecule has 13 nitrogen and oxygen atoms in total. The van der Waals surface area contributed by atoms with E-state index in [9.17, 15) is 39.5 Å². The summed E-state index contributed by atoms with van der Waals surface area (Å²) in [5.41, 5.74) is 3.46. The number of fused-ring (bicyclic) bond motifs is 2. The summed E-state index contributed by atoms with van der Waals surface area (Å²) >= 11 is 0. The summed E-state index contributed by atoms with van der Waals surface area (Å²) in [5.74, 6) is -5.30. The Balaban J connectivity index is 0.000000285. The Hall–Kier alpha value is -4.99. The first-order chi connectivity index (χ1) is 24.1. The number of hydrogen-bond acceptors (Lipinski definition) is 9. The molecule has 3 aliphatic rings. The monoisotopic (exact) mass is 761 g/mol. The zero-order valence-corrected chi connectivity index (χ0v) is 27.0. The van der Waals surface area contributed by atoms with Crippen LogP contribution in [0.15, 0.2) is 42.6 Å². The van der Waals surface area contributed by atoms with E-state index in [0.717, 1.165) is 62.1 Å². The summed E-state index contributed by atoms with van der Waals surface area (Å²) in [6.07, 6.45) is -10.4. The fraction of sp³-hybridized carbons (Fsp3) is 0.467. The Morgan fingerprint density at radius 3 is 1.87 bits per heavy atom. The molecule has 0 saturated carbocycles. The number of pyridine rings is 1. The molecule has 0 radical (unpaired) electrons. The third-order valence-electron chi connectivity index (χ3n) is 7.56. The van der Waals surface area contributed by atoms with Crippen molar-refractivity contribution in [3.8, 4) is 11.5 Å². The Labute approximate surface area is 288 Å². The second-order valence-corrected chi connectivity index (χ2v) is 11.3. The first-order valence-corrected chi connectivity index (χ1v) is 15.0. The minimum atomic E-state index is -5.08. The van der Waals surface area contributed by atoms with Gasteiger partial charge in [0.1, 0.15) is 11.5 Å². The number of hydrogen-bond donors (Lipinski definition) is 3. The normalized spacial score (nSPS) is 17.7. The molecule has 1 unspecified atom stereocenters. The van der Waals surface area contributed by atoms with Crippen molar-refractivity contribution in [3.63, 3.8) is 0 Å². The molecule has 1 atom stereocenters. The second kappa shape index (κ2) is 17.0. The smallest absolute Gasteiger partial charge is 0.475 e. The first-order valence-electron chi connectivity index (χ1n) is 15.0. The molecule has 3 N–H and O–H groups in total. The second-order valence-electron chi connectivity index (χ2n) is 11.3. The average Bonchev–Trinajstić information content (AvgIpc) is 3.82. The van der Waals surface area contributed by atoms with Crippen LogP contribution in [0.25, 0.3) is 5.65 Å². The molecule has 0 bridgehead atoms. The number of carboxylic acid groups (broad SMARTS) is 3. The van der Waals surface area contributed by atoms with E-state index in [4.69, 9.17) is 44.2 Å². The SMILES string of the molecule is CN1CCN(Cc2ccc3c(c2)OCO3)CC1c1cn2c(N3CCCC3)cccc2n1.O=C(O)C(F)(F)F.O=C(O)C(F)(F)F.O=C(O)C(F)(F)F. The molecule has 3 aromatic rings. The minimum absolute atomic E-state index is 0.286. The van der Waals surface area contributed by atoms with E-state index in [0.29, 0.717) is 6.79 Å². The Morgan fingerprint density at radius 1 is 0.788 bits per heavy atom. The highest BCUT2D eigenvalue weighted by Gasteiger charge is 2.39. The Bertz CT molecular complexity index is 1630. The van der Waals surface area contributed by atoms with Gasteiger partial charge in [-0.15, -0.1) is 0 Å². The maximum Gasteiger partial charge on any atom is 0.490 e. The lowest BCUT2D eigenvalue weighted by Crippen LogP contribution is -2.46. The van der Waals surface area contributed by atoms with Crippen molar-refractivity contribution in [2.45, 2.75) is 44.0 Å². The van der Waals surface area contributed by atoms with Gasteiger partial charge in [-0.05, 0) is 49.7 Å². The molecule has 2 aromatic heterocycles. The Kier molecular flexibility index (Phi) is 13.6. The van der Waals surface area contributed by atoms with Crippen LogP contribution in [-0.2, 0) is 20.9 Å². The van der Waals surface area contributed by atoms with Gasteiger partial charge in [0.05, 0.1) is 11.7 Å². The molecule has 2 fully saturated rings. The van der Waals surface area contributed by atoms with Crippen molar-refractivity contribution in [1.29, 1.82) is 0 Å². The van der Waals surface area contributed by atoms with E-state index in [1.54, 1.807) is 0 Å². The quantitative estimate of drug-likeness (QED) is 0.305. The van der Waals surface area contributed by atoms with E-state index in [1.165, 1.54) is 24.2 Å². The van der Waals surface area contributed by atoms with Gasteiger partial charge in [0, 0.05) is 45.5 Å². The van der Waals surface area contributed by atoms with Crippen LogP contribution in [0.1, 0.15) is 30.1 Å². The maximum atomic E-state index is 10.6. The van der Waals surface area contributed by atoms with Gasteiger partial charge < -0.3 is 29.7 Å². The number of carbonyl (C=O) groups is 3.